The summed E-state index contributed by atoms with van der Waals surface area (Å²) in [6, 6.07) is 14.1. The van der Waals surface area contributed by atoms with E-state index in [2.05, 4.69) is 0 Å². The van der Waals surface area contributed by atoms with Crippen LogP contribution in [0.15, 0.2) is 53.4 Å². The molecule has 3 rings (SSSR count). The van der Waals surface area contributed by atoms with Crippen LogP contribution in [0.2, 0.25) is 0 Å². The molecule has 0 N–H and O–H groups in total. The first-order valence-corrected chi connectivity index (χ1v) is 10.6. The minimum Gasteiger partial charge on any atom is -0.382 e. The summed E-state index contributed by atoms with van der Waals surface area (Å²) in [6.45, 7) is 1.91. The summed E-state index contributed by atoms with van der Waals surface area (Å²) in [4.78, 5) is 14.8. The van der Waals surface area contributed by atoms with Crippen LogP contribution >= 0.6 is 24.0 Å². The predicted molar refractivity (Wildman–Crippen MR) is 109 cm³/mol. The topological polar surface area (TPSA) is 63.7 Å². The summed E-state index contributed by atoms with van der Waals surface area (Å²) < 4.78 is 28.3. The molecule has 134 valence electrons. The number of thiocarbonyl (C=S) groups is 1. The highest BCUT2D eigenvalue weighted by Gasteiger charge is 2.34. The zero-order valence-electron chi connectivity index (χ0n) is 14.0. The number of aryl methyl sites for hydroxylation is 1. The molecule has 0 aromatic heterocycles. The molecular formula is C18H15NO4S3. The molecular weight excluding hydrogens is 390 g/mol. The number of nitrogens with zero attached hydrogens (tertiary/aromatic N) is 1. The Morgan fingerprint density at radius 1 is 1.12 bits per heavy atom. The fourth-order valence-electron chi connectivity index (χ4n) is 2.47. The number of rotatable bonds is 4. The second-order valence-electron chi connectivity index (χ2n) is 5.63. The lowest BCUT2D eigenvalue weighted by molar-refractivity contribution is -0.113. The van der Waals surface area contributed by atoms with Crippen molar-refractivity contribution in [1.82, 2.24) is 0 Å². The van der Waals surface area contributed by atoms with Crippen LogP contribution in [0.5, 0.6) is 5.75 Å². The number of amides is 1. The van der Waals surface area contributed by atoms with Crippen molar-refractivity contribution < 1.29 is 17.4 Å². The Balaban J connectivity index is 1.98. The molecule has 8 heteroatoms. The third-order valence-electron chi connectivity index (χ3n) is 3.60. The number of benzene rings is 2. The van der Waals surface area contributed by atoms with Gasteiger partial charge in [-0.15, -0.1) is 0 Å². The van der Waals surface area contributed by atoms with Gasteiger partial charge in [0.15, 0.2) is 4.32 Å². The van der Waals surface area contributed by atoms with Gasteiger partial charge in [-0.05, 0) is 30.7 Å². The van der Waals surface area contributed by atoms with Crippen molar-refractivity contribution >= 4 is 56.1 Å². The van der Waals surface area contributed by atoms with Crippen LogP contribution in [0, 0.1) is 6.92 Å². The van der Waals surface area contributed by atoms with Crippen molar-refractivity contribution in [3.05, 3.63) is 64.6 Å². The number of thioether (sulfide) groups is 1. The highest BCUT2D eigenvalue weighted by atomic mass is 32.2. The van der Waals surface area contributed by atoms with Crippen LogP contribution in [-0.4, -0.2) is 24.9 Å². The van der Waals surface area contributed by atoms with Gasteiger partial charge in [0.25, 0.3) is 5.91 Å². The molecule has 2 aromatic carbocycles. The zero-order valence-corrected chi connectivity index (χ0v) is 16.5. The van der Waals surface area contributed by atoms with E-state index in [1.54, 1.807) is 24.3 Å². The summed E-state index contributed by atoms with van der Waals surface area (Å²) in [6.07, 6.45) is 2.57. The highest BCUT2D eigenvalue weighted by molar-refractivity contribution is 8.27. The quantitative estimate of drug-likeness (QED) is 0.439. The van der Waals surface area contributed by atoms with Crippen molar-refractivity contribution in [3.63, 3.8) is 0 Å². The summed E-state index contributed by atoms with van der Waals surface area (Å²) in [5, 5.41) is 0. The maximum Gasteiger partial charge on any atom is 0.306 e. The number of hydrogen-bond donors (Lipinski definition) is 0. The normalized spacial score (nSPS) is 16.4. The molecule has 1 aliphatic heterocycles. The largest absolute Gasteiger partial charge is 0.382 e. The Labute approximate surface area is 161 Å². The fourth-order valence-corrected chi connectivity index (χ4v) is 4.22. The Morgan fingerprint density at radius 2 is 1.77 bits per heavy atom. The van der Waals surface area contributed by atoms with E-state index in [4.69, 9.17) is 16.4 Å². The molecule has 0 bridgehead atoms. The van der Waals surface area contributed by atoms with E-state index < -0.39 is 10.1 Å². The van der Waals surface area contributed by atoms with E-state index in [-0.39, 0.29) is 11.7 Å². The third-order valence-corrected chi connectivity index (χ3v) is 5.38. The molecule has 5 nitrogen and oxygen atoms in total. The van der Waals surface area contributed by atoms with Crippen LogP contribution in [0.1, 0.15) is 11.1 Å². The number of carbonyl (C=O) groups excluding carboxylic acids is 1. The van der Waals surface area contributed by atoms with Crippen LogP contribution in [-0.2, 0) is 14.9 Å². The first kappa shape index (κ1) is 18.6. The van der Waals surface area contributed by atoms with Crippen molar-refractivity contribution in [2.75, 3.05) is 11.2 Å². The molecule has 0 unspecified atom stereocenters. The van der Waals surface area contributed by atoms with Gasteiger partial charge in [-0.2, -0.15) is 8.42 Å². The standard InChI is InChI=1S/C18H15NO4S3/c1-12-7-3-5-9-14(12)19-17(20)16(25-18(19)24)11-13-8-4-6-10-15(13)23-26(2,21)22/h3-11H,1-2H3/b16-11-. The van der Waals surface area contributed by atoms with Crippen molar-refractivity contribution in [2.45, 2.75) is 6.92 Å². The molecule has 0 radical (unpaired) electrons. The van der Waals surface area contributed by atoms with Gasteiger partial charge in [-0.1, -0.05) is 60.4 Å². The molecule has 1 saturated heterocycles. The number of para-hydroxylation sites is 2. The summed E-state index contributed by atoms with van der Waals surface area (Å²) in [7, 11) is -3.67. The van der Waals surface area contributed by atoms with Gasteiger partial charge < -0.3 is 4.18 Å². The number of carbonyl (C=O) groups is 1. The Hall–Kier alpha value is -2.16. The van der Waals surface area contributed by atoms with Gasteiger partial charge in [-0.3, -0.25) is 9.69 Å². The first-order chi connectivity index (χ1) is 12.3. The van der Waals surface area contributed by atoms with Gasteiger partial charge in [0.2, 0.25) is 0 Å². The lowest BCUT2D eigenvalue weighted by Gasteiger charge is -2.16. The second kappa shape index (κ2) is 7.22. The van der Waals surface area contributed by atoms with Crippen molar-refractivity contribution in [1.29, 1.82) is 0 Å². The number of anilines is 1. The predicted octanol–water partition coefficient (Wildman–Crippen LogP) is 3.74. The minimum atomic E-state index is -3.67. The summed E-state index contributed by atoms with van der Waals surface area (Å²) >= 11 is 6.54. The molecule has 0 spiro atoms. The van der Waals surface area contributed by atoms with E-state index >= 15 is 0 Å². The van der Waals surface area contributed by atoms with Crippen molar-refractivity contribution in [3.8, 4) is 5.75 Å². The van der Waals surface area contributed by atoms with E-state index in [1.165, 1.54) is 22.7 Å². The average molecular weight is 406 g/mol. The first-order valence-electron chi connectivity index (χ1n) is 7.58. The van der Waals surface area contributed by atoms with Gasteiger partial charge >= 0.3 is 10.1 Å². The van der Waals surface area contributed by atoms with E-state index in [0.717, 1.165) is 17.5 Å². The number of hydrogen-bond acceptors (Lipinski definition) is 6. The monoisotopic (exact) mass is 405 g/mol. The molecule has 0 aliphatic carbocycles. The smallest absolute Gasteiger partial charge is 0.306 e. The van der Waals surface area contributed by atoms with Crippen LogP contribution in [0.25, 0.3) is 6.08 Å². The SMILES string of the molecule is Cc1ccccc1N1C(=O)/C(=C/c2ccccc2OS(C)(=O)=O)SC1=S. The summed E-state index contributed by atoms with van der Waals surface area (Å²) in [5.74, 6) is -0.0837. The van der Waals surface area contributed by atoms with E-state index in [0.29, 0.717) is 14.8 Å². The molecule has 1 aliphatic rings. The molecule has 1 heterocycles. The van der Waals surface area contributed by atoms with Crippen molar-refractivity contribution in [2.24, 2.45) is 0 Å². The van der Waals surface area contributed by atoms with Gasteiger partial charge in [0.1, 0.15) is 5.75 Å². The molecule has 0 atom stereocenters. The third kappa shape index (κ3) is 3.98. The molecule has 26 heavy (non-hydrogen) atoms. The highest BCUT2D eigenvalue weighted by Crippen LogP contribution is 2.38. The molecule has 0 saturated carbocycles. The van der Waals surface area contributed by atoms with Gasteiger partial charge in [-0.25, -0.2) is 0 Å². The van der Waals surface area contributed by atoms with E-state index in [1.807, 2.05) is 31.2 Å². The van der Waals surface area contributed by atoms with Crippen LogP contribution < -0.4 is 9.08 Å². The van der Waals surface area contributed by atoms with Gasteiger partial charge in [0, 0.05) is 5.56 Å². The van der Waals surface area contributed by atoms with Crippen LogP contribution in [0.4, 0.5) is 5.69 Å². The zero-order chi connectivity index (χ0) is 18.9. The maximum absolute atomic E-state index is 12.9. The Kier molecular flexibility index (Phi) is 5.17. The molecule has 1 fully saturated rings. The maximum atomic E-state index is 12.9. The Bertz CT molecular complexity index is 1030. The summed E-state index contributed by atoms with van der Waals surface area (Å²) in [5.41, 5.74) is 2.16. The fraction of sp³-hybridized carbons (Fsp3) is 0.111. The minimum absolute atomic E-state index is 0.163. The second-order valence-corrected chi connectivity index (χ2v) is 8.88. The van der Waals surface area contributed by atoms with E-state index in [9.17, 15) is 13.2 Å². The molecule has 2 aromatic rings. The average Bonchev–Trinajstić information content (AvgIpc) is 2.83. The van der Waals surface area contributed by atoms with Crippen LogP contribution in [0.3, 0.4) is 0 Å². The molecule has 1 amide bonds. The lowest BCUT2D eigenvalue weighted by Crippen LogP contribution is -2.28. The lowest BCUT2D eigenvalue weighted by atomic mass is 10.1. The van der Waals surface area contributed by atoms with Gasteiger partial charge in [0.05, 0.1) is 16.8 Å². The Morgan fingerprint density at radius 3 is 2.46 bits per heavy atom.